The van der Waals surface area contributed by atoms with Crippen LogP contribution in [0.2, 0.25) is 0 Å². The molecule has 0 radical (unpaired) electrons. The van der Waals surface area contributed by atoms with Crippen LogP contribution in [-0.4, -0.2) is 30.3 Å². The van der Waals surface area contributed by atoms with Crippen molar-refractivity contribution in [3.63, 3.8) is 0 Å². The molecule has 2 atom stereocenters. The predicted octanol–water partition coefficient (Wildman–Crippen LogP) is 1.48. The maximum absolute atomic E-state index is 14.0. The van der Waals surface area contributed by atoms with Crippen LogP contribution in [0.25, 0.3) is 0 Å². The number of aliphatic hydroxyl groups excluding tert-OH is 1. The van der Waals surface area contributed by atoms with Gasteiger partial charge >= 0.3 is 5.97 Å². The average Bonchev–Trinajstić information content (AvgIpc) is 2.39. The lowest BCUT2D eigenvalue weighted by atomic mass is 9.90. The Morgan fingerprint density at radius 1 is 1.45 bits per heavy atom. The summed E-state index contributed by atoms with van der Waals surface area (Å²) in [6, 6.07) is 2.48. The molecule has 5 nitrogen and oxygen atoms in total. The molecular formula is C14H16FNO4. The van der Waals surface area contributed by atoms with Gasteiger partial charge in [0.05, 0.1) is 18.4 Å². The highest BCUT2D eigenvalue weighted by atomic mass is 19.1. The predicted molar refractivity (Wildman–Crippen MR) is 69.8 cm³/mol. The molecule has 2 rings (SSSR count). The molecule has 108 valence electrons. The van der Waals surface area contributed by atoms with Crippen LogP contribution in [0.5, 0.6) is 0 Å². The number of amides is 1. The van der Waals surface area contributed by atoms with Crippen molar-refractivity contribution in [1.82, 2.24) is 0 Å². The molecule has 2 unspecified atom stereocenters. The average molecular weight is 281 g/mol. The van der Waals surface area contributed by atoms with Crippen LogP contribution in [0.3, 0.4) is 0 Å². The van der Waals surface area contributed by atoms with E-state index in [1.807, 2.05) is 0 Å². The fourth-order valence-electron chi connectivity index (χ4n) is 2.47. The molecule has 1 aliphatic heterocycles. The maximum Gasteiger partial charge on any atom is 0.340 e. The van der Waals surface area contributed by atoms with Crippen LogP contribution in [-0.2, 0) is 16.0 Å². The summed E-state index contributed by atoms with van der Waals surface area (Å²) in [4.78, 5) is 24.3. The van der Waals surface area contributed by atoms with E-state index in [1.54, 1.807) is 6.92 Å². The Morgan fingerprint density at radius 2 is 2.10 bits per heavy atom. The molecule has 0 fully saturated rings. The van der Waals surface area contributed by atoms with E-state index in [2.05, 4.69) is 4.74 Å². The monoisotopic (exact) mass is 281 g/mol. The van der Waals surface area contributed by atoms with Gasteiger partial charge in [0.25, 0.3) is 0 Å². The Balaban J connectivity index is 2.58. The minimum atomic E-state index is -0.997. The van der Waals surface area contributed by atoms with Gasteiger partial charge in [0.15, 0.2) is 0 Å². The highest BCUT2D eigenvalue weighted by Crippen LogP contribution is 2.35. The summed E-state index contributed by atoms with van der Waals surface area (Å²) in [5.41, 5.74) is 0.770. The number of methoxy groups -OCH3 is 1. The Morgan fingerprint density at radius 3 is 2.65 bits per heavy atom. The first-order valence-electron chi connectivity index (χ1n) is 6.25. The lowest BCUT2D eigenvalue weighted by Gasteiger charge is -2.37. The SMILES string of the molecule is COC(=O)c1cc2c(cc1F)N(C(C)=O)C(O)C(C)C2. The summed E-state index contributed by atoms with van der Waals surface area (Å²) >= 11 is 0. The minimum Gasteiger partial charge on any atom is -0.465 e. The lowest BCUT2D eigenvalue weighted by Crippen LogP contribution is -2.47. The molecule has 0 aliphatic carbocycles. The van der Waals surface area contributed by atoms with Crippen molar-refractivity contribution in [1.29, 1.82) is 0 Å². The molecule has 1 aromatic carbocycles. The molecule has 0 aromatic heterocycles. The molecule has 20 heavy (non-hydrogen) atoms. The van der Waals surface area contributed by atoms with Crippen molar-refractivity contribution < 1.29 is 23.8 Å². The summed E-state index contributed by atoms with van der Waals surface area (Å²) in [7, 11) is 1.18. The largest absolute Gasteiger partial charge is 0.465 e. The van der Waals surface area contributed by atoms with E-state index in [9.17, 15) is 19.1 Å². The standard InChI is InChI=1S/C14H16FNO4/c1-7-4-9-5-10(14(19)20-3)11(15)6-12(9)16(8(2)17)13(7)18/h5-7,13,18H,4H2,1-3H3. The third-order valence-electron chi connectivity index (χ3n) is 3.49. The van der Waals surface area contributed by atoms with Gasteiger partial charge in [-0.2, -0.15) is 0 Å². The molecule has 0 bridgehead atoms. The number of esters is 1. The number of carbonyl (C=O) groups excluding carboxylic acids is 2. The molecule has 1 amide bonds. The number of fused-ring (bicyclic) bond motifs is 1. The first kappa shape index (κ1) is 14.5. The van der Waals surface area contributed by atoms with E-state index < -0.39 is 18.0 Å². The molecular weight excluding hydrogens is 265 g/mol. The van der Waals surface area contributed by atoms with Crippen molar-refractivity contribution >= 4 is 17.6 Å². The summed E-state index contributed by atoms with van der Waals surface area (Å²) in [6.07, 6.45) is -0.548. The highest BCUT2D eigenvalue weighted by Gasteiger charge is 2.34. The van der Waals surface area contributed by atoms with Crippen molar-refractivity contribution in [2.75, 3.05) is 12.0 Å². The number of nitrogens with zero attached hydrogens (tertiary/aromatic N) is 1. The van der Waals surface area contributed by atoms with Crippen LogP contribution < -0.4 is 4.90 Å². The zero-order valence-electron chi connectivity index (χ0n) is 11.5. The number of aliphatic hydroxyl groups is 1. The second-order valence-electron chi connectivity index (χ2n) is 4.94. The van der Waals surface area contributed by atoms with Crippen LogP contribution in [0.4, 0.5) is 10.1 Å². The quantitative estimate of drug-likeness (QED) is 0.792. The number of hydrogen-bond acceptors (Lipinski definition) is 4. The van der Waals surface area contributed by atoms with Gasteiger partial charge in [-0.1, -0.05) is 6.92 Å². The van der Waals surface area contributed by atoms with Gasteiger partial charge < -0.3 is 9.84 Å². The van der Waals surface area contributed by atoms with Crippen molar-refractivity contribution in [2.24, 2.45) is 5.92 Å². The molecule has 0 saturated carbocycles. The molecule has 1 aliphatic rings. The second-order valence-corrected chi connectivity index (χ2v) is 4.94. The smallest absolute Gasteiger partial charge is 0.340 e. The molecule has 1 N–H and O–H groups in total. The van der Waals surface area contributed by atoms with Crippen LogP contribution in [0.1, 0.15) is 29.8 Å². The van der Waals surface area contributed by atoms with Gasteiger partial charge in [-0.15, -0.1) is 0 Å². The normalized spacial score (nSPS) is 21.4. The third-order valence-corrected chi connectivity index (χ3v) is 3.49. The van der Waals surface area contributed by atoms with Crippen molar-refractivity contribution in [3.8, 4) is 0 Å². The number of rotatable bonds is 1. The number of halogens is 1. The molecule has 0 saturated heterocycles. The van der Waals surface area contributed by atoms with E-state index in [0.717, 1.165) is 11.0 Å². The minimum absolute atomic E-state index is 0.168. The van der Waals surface area contributed by atoms with Crippen molar-refractivity contribution in [2.45, 2.75) is 26.5 Å². The number of benzene rings is 1. The topological polar surface area (TPSA) is 66.8 Å². The Bertz CT molecular complexity index is 573. The Labute approximate surface area is 116 Å². The van der Waals surface area contributed by atoms with Crippen molar-refractivity contribution in [3.05, 3.63) is 29.1 Å². The van der Waals surface area contributed by atoms with Crippen LogP contribution in [0, 0.1) is 11.7 Å². The second kappa shape index (κ2) is 5.20. The number of hydrogen-bond donors (Lipinski definition) is 1. The number of ether oxygens (including phenoxy) is 1. The highest BCUT2D eigenvalue weighted by molar-refractivity contribution is 5.95. The summed E-state index contributed by atoms with van der Waals surface area (Å²) in [5, 5.41) is 10.1. The maximum atomic E-state index is 14.0. The summed E-state index contributed by atoms with van der Waals surface area (Å²) in [6.45, 7) is 3.09. The van der Waals surface area contributed by atoms with Crippen LogP contribution in [0.15, 0.2) is 12.1 Å². The van der Waals surface area contributed by atoms with E-state index in [4.69, 9.17) is 0 Å². The van der Waals surface area contributed by atoms with Gasteiger partial charge in [-0.05, 0) is 24.1 Å². The first-order valence-corrected chi connectivity index (χ1v) is 6.25. The Hall–Kier alpha value is -1.95. The van der Waals surface area contributed by atoms with Crippen LogP contribution >= 0.6 is 0 Å². The van der Waals surface area contributed by atoms with E-state index in [1.165, 1.54) is 20.1 Å². The molecule has 0 spiro atoms. The zero-order chi connectivity index (χ0) is 15.0. The lowest BCUT2D eigenvalue weighted by molar-refractivity contribution is -0.119. The van der Waals surface area contributed by atoms with Gasteiger partial charge in [-0.25, -0.2) is 9.18 Å². The molecule has 1 heterocycles. The third kappa shape index (κ3) is 2.27. The van der Waals surface area contributed by atoms with Gasteiger partial charge in [0.1, 0.15) is 12.0 Å². The summed E-state index contributed by atoms with van der Waals surface area (Å²) in [5.74, 6) is -2.13. The van der Waals surface area contributed by atoms with E-state index >= 15 is 0 Å². The molecule has 6 heteroatoms. The Kier molecular flexibility index (Phi) is 3.76. The van der Waals surface area contributed by atoms with E-state index in [-0.39, 0.29) is 17.4 Å². The first-order chi connectivity index (χ1) is 9.36. The zero-order valence-corrected chi connectivity index (χ0v) is 11.5. The fourth-order valence-corrected chi connectivity index (χ4v) is 2.47. The number of carbonyl (C=O) groups is 2. The van der Waals surface area contributed by atoms with Gasteiger partial charge in [0, 0.05) is 12.8 Å². The van der Waals surface area contributed by atoms with Gasteiger partial charge in [-0.3, -0.25) is 9.69 Å². The summed E-state index contributed by atoms with van der Waals surface area (Å²) < 4.78 is 18.5. The van der Waals surface area contributed by atoms with Gasteiger partial charge in [0.2, 0.25) is 5.91 Å². The fraction of sp³-hybridized carbons (Fsp3) is 0.429. The number of anilines is 1. The van der Waals surface area contributed by atoms with E-state index in [0.29, 0.717) is 17.7 Å². The molecule has 1 aromatic rings.